The summed E-state index contributed by atoms with van der Waals surface area (Å²) in [5.74, 6) is 2.63. The monoisotopic (exact) mass is 567 g/mol. The Kier molecular flexibility index (Phi) is 10.2. The number of thiazole rings is 1. The number of hydrogen-bond acceptors (Lipinski definition) is 4. The molecule has 3 heterocycles. The van der Waals surface area contributed by atoms with Gasteiger partial charge in [0.25, 0.3) is 0 Å². The molecule has 0 bridgehead atoms. The van der Waals surface area contributed by atoms with Gasteiger partial charge in [-0.05, 0) is 69.5 Å². The van der Waals surface area contributed by atoms with Crippen molar-refractivity contribution in [1.82, 2.24) is 20.1 Å². The Labute approximate surface area is 214 Å². The number of aliphatic imine (C=N–C) groups is 1. The van der Waals surface area contributed by atoms with Crippen molar-refractivity contribution >= 4 is 41.3 Å². The lowest BCUT2D eigenvalue weighted by molar-refractivity contribution is 0.175. The van der Waals surface area contributed by atoms with Gasteiger partial charge in [0.15, 0.2) is 5.96 Å². The third kappa shape index (κ3) is 7.42. The van der Waals surface area contributed by atoms with E-state index in [4.69, 9.17) is 0 Å². The van der Waals surface area contributed by atoms with Crippen molar-refractivity contribution < 1.29 is 0 Å². The summed E-state index contributed by atoms with van der Waals surface area (Å²) in [4.78, 5) is 14.2. The average molecular weight is 568 g/mol. The van der Waals surface area contributed by atoms with E-state index < -0.39 is 0 Å². The van der Waals surface area contributed by atoms with Gasteiger partial charge in [-0.15, -0.1) is 35.3 Å². The smallest absolute Gasteiger partial charge is 0.193 e. The summed E-state index contributed by atoms with van der Waals surface area (Å²) in [5, 5.41) is 7.06. The molecule has 7 heteroatoms. The van der Waals surface area contributed by atoms with E-state index in [-0.39, 0.29) is 24.0 Å². The van der Waals surface area contributed by atoms with Crippen LogP contribution in [-0.4, -0.2) is 60.5 Å². The quantitative estimate of drug-likeness (QED) is 0.309. The lowest BCUT2D eigenvalue weighted by Crippen LogP contribution is -2.47. The number of rotatable bonds is 6. The number of benzene rings is 1. The molecule has 1 aromatic heterocycles. The molecule has 0 radical (unpaired) electrons. The van der Waals surface area contributed by atoms with Gasteiger partial charge in [-0.25, -0.2) is 4.98 Å². The maximum Gasteiger partial charge on any atom is 0.193 e. The Bertz CT molecular complexity index is 824. The van der Waals surface area contributed by atoms with Gasteiger partial charge >= 0.3 is 0 Å². The Hall–Kier alpha value is -1.19. The fraction of sp³-hybridized carbons (Fsp3) is 0.600. The van der Waals surface area contributed by atoms with E-state index in [9.17, 15) is 0 Å². The van der Waals surface area contributed by atoms with Gasteiger partial charge in [0, 0.05) is 38.6 Å². The predicted molar refractivity (Wildman–Crippen MR) is 146 cm³/mol. The van der Waals surface area contributed by atoms with Gasteiger partial charge in [-0.2, -0.15) is 0 Å². The van der Waals surface area contributed by atoms with Crippen LogP contribution in [-0.2, 0) is 13.0 Å². The molecule has 2 saturated heterocycles. The summed E-state index contributed by atoms with van der Waals surface area (Å²) in [6.45, 7) is 8.71. The fourth-order valence-electron chi connectivity index (χ4n) is 4.92. The molecule has 2 aromatic rings. The van der Waals surface area contributed by atoms with Gasteiger partial charge in [0.2, 0.25) is 0 Å². The molecule has 32 heavy (non-hydrogen) atoms. The van der Waals surface area contributed by atoms with Crippen LogP contribution in [0, 0.1) is 18.8 Å². The van der Waals surface area contributed by atoms with Crippen LogP contribution in [0.1, 0.15) is 41.9 Å². The molecule has 2 aliphatic rings. The lowest BCUT2D eigenvalue weighted by Gasteiger charge is -2.36. The molecule has 0 saturated carbocycles. The van der Waals surface area contributed by atoms with Gasteiger partial charge < -0.3 is 10.2 Å². The Balaban J connectivity index is 0.00000289. The summed E-state index contributed by atoms with van der Waals surface area (Å²) in [7, 11) is 1.93. The third-order valence-electron chi connectivity index (χ3n) is 6.80. The second kappa shape index (κ2) is 12.9. The second-order valence-electron chi connectivity index (χ2n) is 9.13. The topological polar surface area (TPSA) is 43.8 Å². The highest BCUT2D eigenvalue weighted by atomic mass is 127. The van der Waals surface area contributed by atoms with Crippen molar-refractivity contribution in [2.75, 3.05) is 39.8 Å². The molecule has 0 atom stereocenters. The highest BCUT2D eigenvalue weighted by Gasteiger charge is 2.24. The molecule has 0 aliphatic carbocycles. The minimum Gasteiger partial charge on any atom is -0.356 e. The number of aryl methyl sites for hydroxylation is 1. The van der Waals surface area contributed by atoms with E-state index in [0.29, 0.717) is 0 Å². The van der Waals surface area contributed by atoms with Crippen molar-refractivity contribution in [2.45, 2.75) is 45.6 Å². The number of aromatic nitrogens is 1. The van der Waals surface area contributed by atoms with Gasteiger partial charge in [-0.1, -0.05) is 30.3 Å². The minimum absolute atomic E-state index is 0. The summed E-state index contributed by atoms with van der Waals surface area (Å²) >= 11 is 1.76. The average Bonchev–Trinajstić information content (AvgIpc) is 3.21. The molecule has 4 rings (SSSR count). The van der Waals surface area contributed by atoms with Crippen LogP contribution in [0.5, 0.6) is 0 Å². The van der Waals surface area contributed by atoms with Gasteiger partial charge in [0.05, 0.1) is 10.7 Å². The molecular formula is C25H38IN5S. The number of guanidine groups is 1. The molecule has 0 unspecified atom stereocenters. The molecule has 2 fully saturated rings. The molecule has 0 amide bonds. The first-order chi connectivity index (χ1) is 15.2. The van der Waals surface area contributed by atoms with Gasteiger partial charge in [-0.3, -0.25) is 9.89 Å². The summed E-state index contributed by atoms with van der Waals surface area (Å²) in [6.07, 6.45) is 6.23. The van der Waals surface area contributed by atoms with Crippen LogP contribution in [0.15, 0.2) is 40.7 Å². The fourth-order valence-corrected chi connectivity index (χ4v) is 5.53. The largest absolute Gasteiger partial charge is 0.356 e. The first-order valence-electron chi connectivity index (χ1n) is 11.8. The van der Waals surface area contributed by atoms with E-state index in [1.807, 2.05) is 7.05 Å². The predicted octanol–water partition coefficient (Wildman–Crippen LogP) is 4.81. The van der Waals surface area contributed by atoms with Crippen LogP contribution in [0.4, 0.5) is 0 Å². The summed E-state index contributed by atoms with van der Waals surface area (Å²) in [5.41, 5.74) is 2.70. The van der Waals surface area contributed by atoms with Crippen molar-refractivity contribution in [3.63, 3.8) is 0 Å². The van der Waals surface area contributed by atoms with E-state index in [0.717, 1.165) is 44.0 Å². The number of likely N-dealkylation sites (tertiary alicyclic amines) is 2. The maximum absolute atomic E-state index is 4.62. The normalized spacial score (nSPS) is 19.1. The number of halogens is 1. The second-order valence-corrected chi connectivity index (χ2v) is 10.2. The van der Waals surface area contributed by atoms with Crippen molar-refractivity contribution in [2.24, 2.45) is 16.8 Å². The van der Waals surface area contributed by atoms with Crippen LogP contribution in [0.2, 0.25) is 0 Å². The maximum atomic E-state index is 4.62. The number of hydrogen-bond donors (Lipinski definition) is 1. The zero-order valence-electron chi connectivity index (χ0n) is 19.5. The number of piperidine rings is 2. The van der Waals surface area contributed by atoms with E-state index in [1.165, 1.54) is 61.5 Å². The first kappa shape index (κ1) is 25.4. The number of nitrogens with one attached hydrogen (secondary N) is 1. The van der Waals surface area contributed by atoms with Crippen LogP contribution >= 0.6 is 35.3 Å². The molecule has 5 nitrogen and oxygen atoms in total. The molecular weight excluding hydrogens is 529 g/mol. The van der Waals surface area contributed by atoms with Crippen LogP contribution in [0.3, 0.4) is 0 Å². The zero-order valence-corrected chi connectivity index (χ0v) is 22.6. The van der Waals surface area contributed by atoms with Crippen molar-refractivity contribution in [3.8, 4) is 0 Å². The lowest BCUT2D eigenvalue weighted by atomic mass is 9.90. The van der Waals surface area contributed by atoms with Crippen LogP contribution < -0.4 is 5.32 Å². The molecule has 0 spiro atoms. The summed E-state index contributed by atoms with van der Waals surface area (Å²) < 4.78 is 0. The zero-order chi connectivity index (χ0) is 21.5. The van der Waals surface area contributed by atoms with E-state index >= 15 is 0 Å². The molecule has 1 aromatic carbocycles. The minimum atomic E-state index is 0. The van der Waals surface area contributed by atoms with Gasteiger partial charge in [0.1, 0.15) is 0 Å². The molecule has 2 aliphatic heterocycles. The SMILES string of the molecule is CN=C(NCC1CCN(Cc2csc(C)n2)CC1)N1CCC(Cc2ccccc2)CC1.I. The Morgan fingerprint density at radius 3 is 2.38 bits per heavy atom. The van der Waals surface area contributed by atoms with Crippen molar-refractivity contribution in [1.29, 1.82) is 0 Å². The molecule has 1 N–H and O–H groups in total. The first-order valence-corrected chi connectivity index (χ1v) is 12.7. The third-order valence-corrected chi connectivity index (χ3v) is 7.62. The van der Waals surface area contributed by atoms with E-state index in [1.54, 1.807) is 11.3 Å². The Morgan fingerprint density at radius 1 is 1.06 bits per heavy atom. The number of nitrogens with zero attached hydrogens (tertiary/aromatic N) is 4. The Morgan fingerprint density at radius 2 is 1.75 bits per heavy atom. The standard InChI is InChI=1S/C25H37N5S.HI/c1-20-28-24(19-31-20)18-29-12-8-23(9-13-29)17-27-25(26-2)30-14-10-22(11-15-30)16-21-6-4-3-5-7-21;/h3-7,19,22-23H,8-18H2,1-2H3,(H,26,27);1H. The van der Waals surface area contributed by atoms with Crippen LogP contribution in [0.25, 0.3) is 0 Å². The van der Waals surface area contributed by atoms with E-state index in [2.05, 4.69) is 67.7 Å². The molecule has 176 valence electrons. The highest BCUT2D eigenvalue weighted by molar-refractivity contribution is 14.0. The van der Waals surface area contributed by atoms with Crippen molar-refractivity contribution in [3.05, 3.63) is 52.0 Å². The highest BCUT2D eigenvalue weighted by Crippen LogP contribution is 2.22. The summed E-state index contributed by atoms with van der Waals surface area (Å²) in [6, 6.07) is 10.9.